The van der Waals surface area contributed by atoms with Crippen LogP contribution in [0.1, 0.15) is 72.6 Å². The minimum absolute atomic E-state index is 0.572. The van der Waals surface area contributed by atoms with E-state index in [1.54, 1.807) is 0 Å². The highest BCUT2D eigenvalue weighted by Gasteiger charge is 2.15. The van der Waals surface area contributed by atoms with Gasteiger partial charge >= 0.3 is 0 Å². The van der Waals surface area contributed by atoms with Crippen molar-refractivity contribution in [3.8, 4) is 0 Å². The summed E-state index contributed by atoms with van der Waals surface area (Å²) in [6, 6.07) is 0. The molecule has 1 atom stereocenters. The van der Waals surface area contributed by atoms with Crippen LogP contribution < -0.4 is 10.9 Å². The minimum Gasteiger partial charge on any atom is -0.325 e. The summed E-state index contributed by atoms with van der Waals surface area (Å²) in [5.74, 6) is 0.572. The second-order valence-electron chi connectivity index (χ2n) is 5.41. The lowest BCUT2D eigenvalue weighted by molar-refractivity contribution is 0.501. The third-order valence-electron chi connectivity index (χ3n) is 3.55. The number of rotatable bonds is 11. The Hall–Kier alpha value is -0.760. The zero-order chi connectivity index (χ0) is 14.7. The van der Waals surface area contributed by atoms with Crippen LogP contribution in [-0.2, 0) is 0 Å². The highest BCUT2D eigenvalue weighted by molar-refractivity contribution is 5.33. The monoisotopic (exact) mass is 266 g/mol. The molecule has 2 heteroatoms. The summed E-state index contributed by atoms with van der Waals surface area (Å²) in [4.78, 5) is 0. The lowest BCUT2D eigenvalue weighted by atomic mass is 9.90. The van der Waals surface area contributed by atoms with Gasteiger partial charge in [0.1, 0.15) is 0 Å². The van der Waals surface area contributed by atoms with Gasteiger partial charge in [-0.25, -0.2) is 5.43 Å². The molecule has 0 fully saturated rings. The van der Waals surface area contributed by atoms with E-state index in [1.165, 1.54) is 48.9 Å². The molecule has 0 saturated carbocycles. The number of hydrazine groups is 1. The number of hydrogen-bond donors (Lipinski definition) is 2. The SMILES string of the molecule is C=C(CCC)/C(CCC)=C(\NNC)C(C)CCCC. The quantitative estimate of drug-likeness (QED) is 0.408. The normalized spacial score (nSPS) is 13.9. The number of unbranched alkanes of at least 4 members (excludes halogenated alkanes) is 1. The first-order valence-electron chi connectivity index (χ1n) is 7.96. The topological polar surface area (TPSA) is 24.1 Å². The van der Waals surface area contributed by atoms with Gasteiger partial charge in [0, 0.05) is 12.7 Å². The zero-order valence-electron chi connectivity index (χ0n) is 13.7. The second-order valence-corrected chi connectivity index (χ2v) is 5.41. The predicted octanol–water partition coefficient (Wildman–Crippen LogP) is 4.95. The van der Waals surface area contributed by atoms with E-state index in [0.717, 1.165) is 12.8 Å². The van der Waals surface area contributed by atoms with Crippen molar-refractivity contribution in [2.75, 3.05) is 7.05 Å². The fourth-order valence-corrected chi connectivity index (χ4v) is 2.49. The Bertz CT molecular complexity index is 279. The van der Waals surface area contributed by atoms with Crippen molar-refractivity contribution in [2.45, 2.75) is 72.6 Å². The van der Waals surface area contributed by atoms with Crippen molar-refractivity contribution in [3.63, 3.8) is 0 Å². The molecular formula is C17H34N2. The molecule has 0 aliphatic rings. The highest BCUT2D eigenvalue weighted by atomic mass is 15.3. The van der Waals surface area contributed by atoms with Crippen LogP contribution in [0.4, 0.5) is 0 Å². The van der Waals surface area contributed by atoms with Gasteiger partial charge in [-0.1, -0.05) is 65.5 Å². The van der Waals surface area contributed by atoms with E-state index in [0.29, 0.717) is 5.92 Å². The molecule has 0 aromatic carbocycles. The van der Waals surface area contributed by atoms with Crippen molar-refractivity contribution in [1.82, 2.24) is 10.9 Å². The first kappa shape index (κ1) is 18.2. The molecule has 0 heterocycles. The fourth-order valence-electron chi connectivity index (χ4n) is 2.49. The molecule has 112 valence electrons. The molecule has 0 aromatic heterocycles. The summed E-state index contributed by atoms with van der Waals surface area (Å²) in [6.45, 7) is 13.3. The summed E-state index contributed by atoms with van der Waals surface area (Å²) < 4.78 is 0. The first-order chi connectivity index (χ1) is 9.12. The fraction of sp³-hybridized carbons (Fsp3) is 0.765. The first-order valence-corrected chi connectivity index (χ1v) is 7.96. The van der Waals surface area contributed by atoms with E-state index >= 15 is 0 Å². The lowest BCUT2D eigenvalue weighted by Gasteiger charge is -2.23. The molecule has 0 spiro atoms. The van der Waals surface area contributed by atoms with Crippen LogP contribution in [0, 0.1) is 5.92 Å². The van der Waals surface area contributed by atoms with Crippen molar-refractivity contribution in [2.24, 2.45) is 5.92 Å². The smallest absolute Gasteiger partial charge is 0.0324 e. The van der Waals surface area contributed by atoms with Gasteiger partial charge in [-0.15, -0.1) is 0 Å². The van der Waals surface area contributed by atoms with Crippen LogP contribution in [0.3, 0.4) is 0 Å². The van der Waals surface area contributed by atoms with Gasteiger partial charge < -0.3 is 5.43 Å². The molecule has 0 aliphatic carbocycles. The summed E-state index contributed by atoms with van der Waals surface area (Å²) in [5.41, 5.74) is 10.6. The summed E-state index contributed by atoms with van der Waals surface area (Å²) >= 11 is 0. The van der Waals surface area contributed by atoms with Crippen molar-refractivity contribution >= 4 is 0 Å². The summed E-state index contributed by atoms with van der Waals surface area (Å²) in [6.07, 6.45) is 8.36. The molecule has 0 saturated heterocycles. The van der Waals surface area contributed by atoms with Gasteiger partial charge in [0.25, 0.3) is 0 Å². The molecule has 2 N–H and O–H groups in total. The molecule has 0 aliphatic heterocycles. The summed E-state index contributed by atoms with van der Waals surface area (Å²) in [5, 5.41) is 0. The third kappa shape index (κ3) is 6.81. The number of hydrogen-bond acceptors (Lipinski definition) is 2. The molecule has 0 bridgehead atoms. The highest BCUT2D eigenvalue weighted by Crippen LogP contribution is 2.27. The van der Waals surface area contributed by atoms with Crippen LogP contribution >= 0.6 is 0 Å². The van der Waals surface area contributed by atoms with E-state index in [9.17, 15) is 0 Å². The third-order valence-corrected chi connectivity index (χ3v) is 3.55. The van der Waals surface area contributed by atoms with Crippen LogP contribution in [0.15, 0.2) is 23.4 Å². The molecular weight excluding hydrogens is 232 g/mol. The van der Waals surface area contributed by atoms with Crippen LogP contribution in [0.25, 0.3) is 0 Å². The Balaban J connectivity index is 5.14. The van der Waals surface area contributed by atoms with E-state index in [2.05, 4.69) is 45.1 Å². The van der Waals surface area contributed by atoms with Crippen LogP contribution in [0.5, 0.6) is 0 Å². The van der Waals surface area contributed by atoms with E-state index < -0.39 is 0 Å². The lowest BCUT2D eigenvalue weighted by Crippen LogP contribution is -2.31. The summed E-state index contributed by atoms with van der Waals surface area (Å²) in [7, 11) is 1.94. The maximum Gasteiger partial charge on any atom is 0.0324 e. The van der Waals surface area contributed by atoms with Crippen LogP contribution in [-0.4, -0.2) is 7.05 Å². The Labute approximate surface area is 120 Å². The number of allylic oxidation sites excluding steroid dienone is 3. The Morgan fingerprint density at radius 1 is 1.05 bits per heavy atom. The maximum atomic E-state index is 4.30. The van der Waals surface area contributed by atoms with Gasteiger partial charge in [0.15, 0.2) is 0 Å². The van der Waals surface area contributed by atoms with E-state index in [-0.39, 0.29) is 0 Å². The Morgan fingerprint density at radius 2 is 1.68 bits per heavy atom. The molecule has 0 aromatic rings. The van der Waals surface area contributed by atoms with Gasteiger partial charge in [0.2, 0.25) is 0 Å². The molecule has 19 heavy (non-hydrogen) atoms. The van der Waals surface area contributed by atoms with E-state index in [4.69, 9.17) is 0 Å². The average molecular weight is 266 g/mol. The predicted molar refractivity (Wildman–Crippen MR) is 86.9 cm³/mol. The van der Waals surface area contributed by atoms with Gasteiger partial charge in [-0.3, -0.25) is 0 Å². The van der Waals surface area contributed by atoms with Crippen molar-refractivity contribution in [3.05, 3.63) is 23.4 Å². The molecule has 2 nitrogen and oxygen atoms in total. The van der Waals surface area contributed by atoms with Gasteiger partial charge in [-0.05, 0) is 30.8 Å². The second kappa shape index (κ2) is 11.1. The molecule has 0 amide bonds. The Kier molecular flexibility index (Phi) is 10.7. The Morgan fingerprint density at radius 3 is 2.16 bits per heavy atom. The van der Waals surface area contributed by atoms with Crippen molar-refractivity contribution < 1.29 is 0 Å². The molecule has 0 radical (unpaired) electrons. The van der Waals surface area contributed by atoms with Crippen LogP contribution in [0.2, 0.25) is 0 Å². The van der Waals surface area contributed by atoms with E-state index in [1.807, 2.05) is 7.05 Å². The van der Waals surface area contributed by atoms with Gasteiger partial charge in [0.05, 0.1) is 0 Å². The minimum atomic E-state index is 0.572. The largest absolute Gasteiger partial charge is 0.325 e. The molecule has 0 rings (SSSR count). The van der Waals surface area contributed by atoms with Crippen molar-refractivity contribution in [1.29, 1.82) is 0 Å². The standard InChI is InChI=1S/C17H34N2/c1-7-10-13-15(5)17(19-18-6)16(12-9-3)14(4)11-8-2/h15,18-19H,4,7-13H2,1-3,5-6H3/b17-16-. The maximum absolute atomic E-state index is 4.30. The average Bonchev–Trinajstić information content (AvgIpc) is 2.40. The zero-order valence-corrected chi connectivity index (χ0v) is 13.7. The number of nitrogens with one attached hydrogen (secondary N) is 2. The molecule has 1 unspecified atom stereocenters. The van der Waals surface area contributed by atoms with Gasteiger partial charge in [-0.2, -0.15) is 0 Å².